The van der Waals surface area contributed by atoms with Crippen LogP contribution in [0.3, 0.4) is 0 Å². The molecule has 1 aliphatic heterocycles. The molecule has 4 rings (SSSR count). The van der Waals surface area contributed by atoms with Crippen LogP contribution in [0.5, 0.6) is 11.5 Å². The van der Waals surface area contributed by atoms with Crippen LogP contribution in [0, 0.1) is 0 Å². The standard InChI is InChI=1S/C21H22N2O2/c1-24-17-8-9-20(25-2)18(13-17)16-11-12-23(14-16)21-10-7-15-5-3-4-6-19(15)22-21/h3-10,13,16H,11-12,14H2,1-2H3. The van der Waals surface area contributed by atoms with Crippen molar-refractivity contribution in [3.63, 3.8) is 0 Å². The van der Waals surface area contributed by atoms with Gasteiger partial charge in [-0.25, -0.2) is 4.98 Å². The summed E-state index contributed by atoms with van der Waals surface area (Å²) in [5, 5.41) is 1.18. The average molecular weight is 334 g/mol. The van der Waals surface area contributed by atoms with Gasteiger partial charge < -0.3 is 14.4 Å². The smallest absolute Gasteiger partial charge is 0.129 e. The molecule has 4 nitrogen and oxygen atoms in total. The molecule has 0 saturated carbocycles. The van der Waals surface area contributed by atoms with Crippen LogP contribution in [0.2, 0.25) is 0 Å². The van der Waals surface area contributed by atoms with E-state index in [1.165, 1.54) is 10.9 Å². The summed E-state index contributed by atoms with van der Waals surface area (Å²) in [5.41, 5.74) is 2.26. The number of benzene rings is 2. The summed E-state index contributed by atoms with van der Waals surface area (Å²) in [5.74, 6) is 3.26. The first-order chi connectivity index (χ1) is 12.3. The highest BCUT2D eigenvalue weighted by Crippen LogP contribution is 2.37. The Kier molecular flexibility index (Phi) is 4.18. The molecule has 0 aliphatic carbocycles. The van der Waals surface area contributed by atoms with E-state index in [9.17, 15) is 0 Å². The van der Waals surface area contributed by atoms with Gasteiger partial charge in [-0.1, -0.05) is 18.2 Å². The largest absolute Gasteiger partial charge is 0.497 e. The van der Waals surface area contributed by atoms with Crippen LogP contribution in [0.25, 0.3) is 10.9 Å². The van der Waals surface area contributed by atoms with Crippen LogP contribution in [0.1, 0.15) is 17.9 Å². The second-order valence-corrected chi connectivity index (χ2v) is 6.40. The maximum Gasteiger partial charge on any atom is 0.129 e. The van der Waals surface area contributed by atoms with E-state index >= 15 is 0 Å². The molecule has 2 heterocycles. The number of nitrogens with zero attached hydrogens (tertiary/aromatic N) is 2. The average Bonchev–Trinajstić information content (AvgIpc) is 3.17. The molecule has 0 amide bonds. The molecule has 2 aromatic carbocycles. The molecular formula is C21H22N2O2. The highest BCUT2D eigenvalue weighted by atomic mass is 16.5. The monoisotopic (exact) mass is 334 g/mol. The topological polar surface area (TPSA) is 34.6 Å². The van der Waals surface area contributed by atoms with E-state index in [0.29, 0.717) is 5.92 Å². The molecule has 0 N–H and O–H groups in total. The van der Waals surface area contributed by atoms with Crippen LogP contribution in [-0.4, -0.2) is 32.3 Å². The number of pyridine rings is 1. The fourth-order valence-electron chi connectivity index (χ4n) is 3.61. The van der Waals surface area contributed by atoms with Crippen molar-refractivity contribution in [2.45, 2.75) is 12.3 Å². The minimum atomic E-state index is 0.415. The molecule has 128 valence electrons. The number of hydrogen-bond donors (Lipinski definition) is 0. The Balaban J connectivity index is 1.60. The third-order valence-electron chi connectivity index (χ3n) is 4.97. The van der Waals surface area contributed by atoms with Gasteiger partial charge in [0.15, 0.2) is 0 Å². The summed E-state index contributed by atoms with van der Waals surface area (Å²) in [6.07, 6.45) is 1.08. The zero-order valence-corrected chi connectivity index (χ0v) is 14.6. The molecule has 25 heavy (non-hydrogen) atoms. The van der Waals surface area contributed by atoms with Crippen LogP contribution in [0.4, 0.5) is 5.82 Å². The van der Waals surface area contributed by atoms with Crippen molar-refractivity contribution in [1.29, 1.82) is 0 Å². The van der Waals surface area contributed by atoms with E-state index in [1.54, 1.807) is 14.2 Å². The van der Waals surface area contributed by atoms with Crippen LogP contribution < -0.4 is 14.4 Å². The zero-order chi connectivity index (χ0) is 17.2. The summed E-state index contributed by atoms with van der Waals surface area (Å²) >= 11 is 0. The van der Waals surface area contributed by atoms with Crippen molar-refractivity contribution < 1.29 is 9.47 Å². The van der Waals surface area contributed by atoms with E-state index in [2.05, 4.69) is 35.2 Å². The minimum absolute atomic E-state index is 0.415. The fraction of sp³-hybridized carbons (Fsp3) is 0.286. The van der Waals surface area contributed by atoms with E-state index in [0.717, 1.165) is 42.3 Å². The van der Waals surface area contributed by atoms with Crippen LogP contribution >= 0.6 is 0 Å². The van der Waals surface area contributed by atoms with Crippen molar-refractivity contribution in [3.05, 3.63) is 60.2 Å². The van der Waals surface area contributed by atoms with E-state index < -0.39 is 0 Å². The molecule has 0 radical (unpaired) electrons. The Morgan fingerprint density at radius 3 is 2.72 bits per heavy atom. The number of fused-ring (bicyclic) bond motifs is 1. The van der Waals surface area contributed by atoms with Gasteiger partial charge in [0, 0.05) is 30.0 Å². The molecule has 1 fully saturated rings. The van der Waals surface area contributed by atoms with Crippen molar-refractivity contribution in [2.24, 2.45) is 0 Å². The number of rotatable bonds is 4. The molecule has 4 heteroatoms. The maximum atomic E-state index is 5.57. The van der Waals surface area contributed by atoms with Gasteiger partial charge in [-0.05, 0) is 42.8 Å². The van der Waals surface area contributed by atoms with Gasteiger partial charge in [0.05, 0.1) is 19.7 Å². The third kappa shape index (κ3) is 3.00. The van der Waals surface area contributed by atoms with E-state index in [-0.39, 0.29) is 0 Å². The van der Waals surface area contributed by atoms with Gasteiger partial charge in [0.2, 0.25) is 0 Å². The lowest BCUT2D eigenvalue weighted by atomic mass is 9.97. The first-order valence-corrected chi connectivity index (χ1v) is 8.61. The molecule has 1 aromatic heterocycles. The lowest BCUT2D eigenvalue weighted by molar-refractivity contribution is 0.396. The third-order valence-corrected chi connectivity index (χ3v) is 4.97. The van der Waals surface area contributed by atoms with Gasteiger partial charge in [-0.3, -0.25) is 0 Å². The van der Waals surface area contributed by atoms with Gasteiger partial charge in [-0.15, -0.1) is 0 Å². The van der Waals surface area contributed by atoms with Crippen LogP contribution in [-0.2, 0) is 0 Å². The second kappa shape index (κ2) is 6.63. The lowest BCUT2D eigenvalue weighted by Crippen LogP contribution is -2.20. The molecule has 0 bridgehead atoms. The molecular weight excluding hydrogens is 312 g/mol. The number of ether oxygens (including phenoxy) is 2. The maximum absolute atomic E-state index is 5.57. The molecule has 1 saturated heterocycles. The SMILES string of the molecule is COc1ccc(OC)c(C2CCN(c3ccc4ccccc4n3)C2)c1. The Morgan fingerprint density at radius 1 is 1.00 bits per heavy atom. The Hall–Kier alpha value is -2.75. The minimum Gasteiger partial charge on any atom is -0.497 e. The Morgan fingerprint density at radius 2 is 1.88 bits per heavy atom. The van der Waals surface area contributed by atoms with Gasteiger partial charge in [0.25, 0.3) is 0 Å². The highest BCUT2D eigenvalue weighted by Gasteiger charge is 2.27. The first kappa shape index (κ1) is 15.8. The van der Waals surface area contributed by atoms with Gasteiger partial charge >= 0.3 is 0 Å². The van der Waals surface area contributed by atoms with Crippen molar-refractivity contribution in [2.75, 3.05) is 32.2 Å². The molecule has 1 aliphatic rings. The Bertz CT molecular complexity index is 894. The van der Waals surface area contributed by atoms with Crippen molar-refractivity contribution in [1.82, 2.24) is 4.98 Å². The highest BCUT2D eigenvalue weighted by molar-refractivity contribution is 5.80. The molecule has 1 unspecified atom stereocenters. The molecule has 3 aromatic rings. The second-order valence-electron chi connectivity index (χ2n) is 6.40. The van der Waals surface area contributed by atoms with Gasteiger partial charge in [0.1, 0.15) is 17.3 Å². The number of anilines is 1. The lowest BCUT2D eigenvalue weighted by Gasteiger charge is -2.19. The summed E-state index contributed by atoms with van der Waals surface area (Å²) < 4.78 is 11.0. The predicted octanol–water partition coefficient (Wildman–Crippen LogP) is 4.25. The summed E-state index contributed by atoms with van der Waals surface area (Å²) in [4.78, 5) is 7.19. The molecule has 0 spiro atoms. The van der Waals surface area contributed by atoms with Crippen molar-refractivity contribution >= 4 is 16.7 Å². The number of aromatic nitrogens is 1. The number of methoxy groups -OCH3 is 2. The molecule has 1 atom stereocenters. The zero-order valence-electron chi connectivity index (χ0n) is 14.6. The summed E-state index contributed by atoms with van der Waals surface area (Å²) in [6, 6.07) is 18.5. The van der Waals surface area contributed by atoms with E-state index in [4.69, 9.17) is 14.5 Å². The van der Waals surface area contributed by atoms with Crippen LogP contribution in [0.15, 0.2) is 54.6 Å². The number of para-hydroxylation sites is 1. The first-order valence-electron chi connectivity index (χ1n) is 8.61. The van der Waals surface area contributed by atoms with Gasteiger partial charge in [-0.2, -0.15) is 0 Å². The summed E-state index contributed by atoms with van der Waals surface area (Å²) in [6.45, 7) is 1.94. The number of hydrogen-bond acceptors (Lipinski definition) is 4. The fourth-order valence-corrected chi connectivity index (χ4v) is 3.61. The summed E-state index contributed by atoms with van der Waals surface area (Å²) in [7, 11) is 3.43. The van der Waals surface area contributed by atoms with E-state index in [1.807, 2.05) is 24.3 Å². The van der Waals surface area contributed by atoms with Crippen molar-refractivity contribution in [3.8, 4) is 11.5 Å². The predicted molar refractivity (Wildman–Crippen MR) is 101 cm³/mol. The quantitative estimate of drug-likeness (QED) is 0.714. The normalized spacial score (nSPS) is 17.0. The Labute approximate surface area is 148 Å².